The second kappa shape index (κ2) is 4.46. The molecule has 1 aliphatic heterocycles. The van der Waals surface area contributed by atoms with Crippen molar-refractivity contribution < 1.29 is 9.59 Å². The second-order valence-electron chi connectivity index (χ2n) is 3.92. The Morgan fingerprint density at radius 2 is 2.24 bits per heavy atom. The first kappa shape index (κ1) is 11.5. The molecule has 0 aromatic carbocycles. The summed E-state index contributed by atoms with van der Waals surface area (Å²) in [6.45, 7) is 0. The van der Waals surface area contributed by atoms with Crippen molar-refractivity contribution in [3.05, 3.63) is 27.8 Å². The molecule has 2 aliphatic rings. The highest BCUT2D eigenvalue weighted by molar-refractivity contribution is 6.00. The third-order valence-electron chi connectivity index (χ3n) is 2.94. The van der Waals surface area contributed by atoms with Gasteiger partial charge in [0.1, 0.15) is 6.04 Å². The number of carbonyl (C=O) groups is 2. The highest BCUT2D eigenvalue weighted by Gasteiger charge is 2.31. The van der Waals surface area contributed by atoms with Crippen LogP contribution in [-0.4, -0.2) is 17.9 Å². The molecule has 1 unspecified atom stereocenters. The lowest BCUT2D eigenvalue weighted by Crippen LogP contribution is -2.47. The van der Waals surface area contributed by atoms with Crippen LogP contribution in [0.25, 0.3) is 0 Å². The smallest absolute Gasteiger partial charge is 0.316 e. The van der Waals surface area contributed by atoms with Crippen LogP contribution in [-0.2, 0) is 9.59 Å². The molecule has 0 bridgehead atoms. The van der Waals surface area contributed by atoms with Gasteiger partial charge in [0, 0.05) is 16.4 Å². The molecule has 0 radical (unpaired) electrons. The minimum atomic E-state index is -0.837. The van der Waals surface area contributed by atoms with Crippen LogP contribution in [0.3, 0.4) is 0 Å². The van der Waals surface area contributed by atoms with Gasteiger partial charge >= 0.3 is 5.91 Å². The summed E-state index contributed by atoms with van der Waals surface area (Å²) in [4.78, 5) is 33.1. The second-order valence-corrected chi connectivity index (χ2v) is 3.92. The number of dihydropyridines is 1. The lowest BCUT2D eigenvalue weighted by Gasteiger charge is -2.23. The number of hydrazine groups is 1. The molecule has 0 spiro atoms. The maximum atomic E-state index is 11.4. The van der Waals surface area contributed by atoms with E-state index in [0.29, 0.717) is 6.42 Å². The number of nitrogens with zero attached hydrogens (tertiary/aromatic N) is 1. The number of hydrogen-bond donors (Lipinski definition) is 3. The highest BCUT2D eigenvalue weighted by Crippen LogP contribution is 2.33. The van der Waals surface area contributed by atoms with Crippen molar-refractivity contribution in [3.8, 4) is 0 Å². The molecule has 1 heterocycles. The fourth-order valence-electron chi connectivity index (χ4n) is 2.18. The van der Waals surface area contributed by atoms with Gasteiger partial charge in [-0.05, 0) is 30.9 Å². The maximum Gasteiger partial charge on any atom is 0.316 e. The molecule has 0 saturated heterocycles. The molecule has 0 fully saturated rings. The van der Waals surface area contributed by atoms with Crippen LogP contribution < -0.4 is 16.6 Å². The first-order valence-corrected chi connectivity index (χ1v) is 5.26. The Morgan fingerprint density at radius 1 is 1.47 bits per heavy atom. The maximum absolute atomic E-state index is 11.4. The van der Waals surface area contributed by atoms with Gasteiger partial charge < -0.3 is 5.32 Å². The molecule has 0 saturated carbocycles. The Hall–Kier alpha value is -2.02. The number of hydrogen-bond acceptors (Lipinski definition) is 5. The number of carbonyl (C=O) groups excluding carboxylic acids is 2. The lowest BCUT2D eigenvalue weighted by atomic mass is 9.97. The van der Waals surface area contributed by atoms with Gasteiger partial charge in [0.15, 0.2) is 0 Å². The van der Waals surface area contributed by atoms with Crippen LogP contribution in [0.5, 0.6) is 0 Å². The van der Waals surface area contributed by atoms with Crippen molar-refractivity contribution in [3.63, 3.8) is 0 Å². The van der Waals surface area contributed by atoms with E-state index in [1.807, 2.05) is 5.43 Å². The molecule has 17 heavy (non-hydrogen) atoms. The predicted octanol–water partition coefficient (Wildman–Crippen LogP) is -0.395. The average Bonchev–Trinajstić information content (AvgIpc) is 2.83. The van der Waals surface area contributed by atoms with Crippen LogP contribution in [0, 0.1) is 4.91 Å². The van der Waals surface area contributed by atoms with Gasteiger partial charge in [-0.25, -0.2) is 5.84 Å². The number of nitrogens with one attached hydrogen (secondary N) is 2. The highest BCUT2D eigenvalue weighted by atomic mass is 16.3. The van der Waals surface area contributed by atoms with Gasteiger partial charge in [-0.1, -0.05) is 0 Å². The van der Waals surface area contributed by atoms with E-state index in [1.165, 1.54) is 6.08 Å². The molecule has 1 atom stereocenters. The number of amides is 2. The van der Waals surface area contributed by atoms with E-state index in [1.54, 1.807) is 0 Å². The third kappa shape index (κ3) is 1.96. The Kier molecular flexibility index (Phi) is 3.01. The molecule has 0 aromatic heterocycles. The fraction of sp³-hybridized carbons (Fsp3) is 0.400. The summed E-state index contributed by atoms with van der Waals surface area (Å²) < 4.78 is 0. The Morgan fingerprint density at radius 3 is 2.88 bits per heavy atom. The summed E-state index contributed by atoms with van der Waals surface area (Å²) in [6.07, 6.45) is 3.76. The van der Waals surface area contributed by atoms with E-state index in [2.05, 4.69) is 10.5 Å². The zero-order valence-electron chi connectivity index (χ0n) is 9.03. The minimum Gasteiger partial charge on any atom is -0.374 e. The molecule has 2 amide bonds. The third-order valence-corrected chi connectivity index (χ3v) is 2.94. The Bertz CT molecular complexity index is 452. The fourth-order valence-corrected chi connectivity index (χ4v) is 2.18. The lowest BCUT2D eigenvalue weighted by molar-refractivity contribution is -0.122. The summed E-state index contributed by atoms with van der Waals surface area (Å²) in [6, 6.07) is -0.724. The summed E-state index contributed by atoms with van der Waals surface area (Å²) in [7, 11) is 0. The molecular weight excluding hydrogens is 224 g/mol. The van der Waals surface area contributed by atoms with E-state index < -0.39 is 17.9 Å². The molecule has 0 aromatic rings. The van der Waals surface area contributed by atoms with Gasteiger partial charge in [0.05, 0.1) is 0 Å². The van der Waals surface area contributed by atoms with Crippen molar-refractivity contribution in [1.82, 2.24) is 10.7 Å². The zero-order chi connectivity index (χ0) is 12.4. The molecule has 4 N–H and O–H groups in total. The number of nitroso groups, excluding NO2 is 1. The number of rotatable bonds is 2. The SMILES string of the molecule is NNC(=O)C1C=C(C(=O)N=O)C2=C(CCC2)N1. The average molecular weight is 236 g/mol. The zero-order valence-corrected chi connectivity index (χ0v) is 9.03. The quantitative estimate of drug-likeness (QED) is 0.261. The molecule has 7 heteroatoms. The monoisotopic (exact) mass is 236 g/mol. The largest absolute Gasteiger partial charge is 0.374 e. The molecule has 2 rings (SSSR count). The van der Waals surface area contributed by atoms with E-state index >= 15 is 0 Å². The summed E-state index contributed by atoms with van der Waals surface area (Å²) in [5.74, 6) is 3.74. The van der Waals surface area contributed by atoms with Crippen LogP contribution in [0.2, 0.25) is 0 Å². The molecule has 1 aliphatic carbocycles. The normalized spacial score (nSPS) is 22.4. The van der Waals surface area contributed by atoms with Crippen molar-refractivity contribution in [2.75, 3.05) is 0 Å². The minimum absolute atomic E-state index is 0.222. The van der Waals surface area contributed by atoms with E-state index in [4.69, 9.17) is 5.84 Å². The van der Waals surface area contributed by atoms with Gasteiger partial charge in [-0.15, -0.1) is 4.91 Å². The molecular formula is C10H12N4O3. The van der Waals surface area contributed by atoms with Gasteiger partial charge in [-0.2, -0.15) is 0 Å². The van der Waals surface area contributed by atoms with Gasteiger partial charge in [0.2, 0.25) is 0 Å². The van der Waals surface area contributed by atoms with E-state index in [0.717, 1.165) is 24.1 Å². The van der Waals surface area contributed by atoms with Crippen LogP contribution in [0.1, 0.15) is 19.3 Å². The summed E-state index contributed by atoms with van der Waals surface area (Å²) in [5.41, 5.74) is 3.84. The topological polar surface area (TPSA) is 114 Å². The van der Waals surface area contributed by atoms with Crippen LogP contribution in [0.15, 0.2) is 28.1 Å². The number of allylic oxidation sites excluding steroid dienone is 1. The van der Waals surface area contributed by atoms with E-state index in [9.17, 15) is 14.5 Å². The van der Waals surface area contributed by atoms with Crippen molar-refractivity contribution in [2.24, 2.45) is 11.0 Å². The Labute approximate surface area is 97.1 Å². The molecule has 7 nitrogen and oxygen atoms in total. The number of nitrogens with two attached hydrogens (primary N) is 1. The van der Waals surface area contributed by atoms with Crippen molar-refractivity contribution in [1.29, 1.82) is 0 Å². The van der Waals surface area contributed by atoms with Crippen LogP contribution in [0.4, 0.5) is 0 Å². The van der Waals surface area contributed by atoms with Crippen LogP contribution >= 0.6 is 0 Å². The summed E-state index contributed by atoms with van der Waals surface area (Å²) in [5, 5.41) is 5.40. The van der Waals surface area contributed by atoms with Gasteiger partial charge in [0.25, 0.3) is 5.91 Å². The van der Waals surface area contributed by atoms with E-state index in [-0.39, 0.29) is 5.57 Å². The molecule has 90 valence electrons. The van der Waals surface area contributed by atoms with Crippen molar-refractivity contribution >= 4 is 11.8 Å². The standard InChI is InChI=1S/C10H12N4O3/c11-13-10(16)8-4-6(9(15)14-17)5-2-1-3-7(5)12-8/h4,8,12H,1-3,11H2,(H,13,16). The Balaban J connectivity index is 2.35. The first-order chi connectivity index (χ1) is 8.17. The van der Waals surface area contributed by atoms with Crippen molar-refractivity contribution in [2.45, 2.75) is 25.3 Å². The first-order valence-electron chi connectivity index (χ1n) is 5.26. The predicted molar refractivity (Wildman–Crippen MR) is 59.0 cm³/mol. The summed E-state index contributed by atoms with van der Waals surface area (Å²) >= 11 is 0. The van der Waals surface area contributed by atoms with Gasteiger partial charge in [-0.3, -0.25) is 15.0 Å².